The lowest BCUT2D eigenvalue weighted by Crippen LogP contribution is -2.26. The van der Waals surface area contributed by atoms with Crippen LogP contribution in [0, 0.1) is 6.92 Å². The fraction of sp³-hybridized carbons (Fsp3) is 0.333. The van der Waals surface area contributed by atoms with E-state index >= 15 is 0 Å². The summed E-state index contributed by atoms with van der Waals surface area (Å²) in [5, 5.41) is 4.17. The Morgan fingerprint density at radius 3 is 2.42 bits per heavy atom. The summed E-state index contributed by atoms with van der Waals surface area (Å²) < 4.78 is 11.9. The molecule has 0 aliphatic rings. The van der Waals surface area contributed by atoms with Crippen LogP contribution in [0.3, 0.4) is 0 Å². The highest BCUT2D eigenvalue weighted by atomic mass is 35.5. The van der Waals surface area contributed by atoms with Gasteiger partial charge in [-0.25, -0.2) is 0 Å². The van der Waals surface area contributed by atoms with Gasteiger partial charge in [-0.3, -0.25) is 0 Å². The van der Waals surface area contributed by atoms with Gasteiger partial charge in [-0.15, -0.1) is 0 Å². The van der Waals surface area contributed by atoms with Crippen molar-refractivity contribution >= 4 is 11.6 Å². The molecular weight excluding hydrogens is 406 g/mol. The van der Waals surface area contributed by atoms with Crippen molar-refractivity contribution in [2.45, 2.75) is 52.8 Å². The van der Waals surface area contributed by atoms with Crippen molar-refractivity contribution in [2.24, 2.45) is 0 Å². The number of aryl methyl sites for hydroxylation is 2. The molecular formula is C27H32ClNO2. The first kappa shape index (κ1) is 23.2. The second-order valence-electron chi connectivity index (χ2n) is 7.86. The zero-order valence-corrected chi connectivity index (χ0v) is 19.4. The topological polar surface area (TPSA) is 30.5 Å². The maximum atomic E-state index is 6.60. The maximum Gasteiger partial charge on any atom is 0.180 e. The van der Waals surface area contributed by atoms with E-state index in [1.165, 1.54) is 11.1 Å². The number of benzene rings is 3. The van der Waals surface area contributed by atoms with Crippen LogP contribution < -0.4 is 14.8 Å². The monoisotopic (exact) mass is 437 g/mol. The molecule has 1 atom stereocenters. The number of nitrogens with one attached hydrogen (secondary N) is 1. The van der Waals surface area contributed by atoms with Crippen molar-refractivity contribution in [1.82, 2.24) is 5.32 Å². The van der Waals surface area contributed by atoms with Gasteiger partial charge in [-0.05, 0) is 68.0 Å². The molecule has 0 heterocycles. The Hall–Kier alpha value is -2.49. The first-order chi connectivity index (χ1) is 15.1. The molecule has 3 nitrogen and oxygen atoms in total. The van der Waals surface area contributed by atoms with E-state index in [-0.39, 0.29) is 0 Å². The van der Waals surface area contributed by atoms with Crippen LogP contribution in [0.2, 0.25) is 5.02 Å². The molecule has 4 heteroatoms. The number of rotatable bonds is 11. The van der Waals surface area contributed by atoms with Crippen LogP contribution in [0.1, 0.15) is 42.5 Å². The molecule has 164 valence electrons. The van der Waals surface area contributed by atoms with Crippen LogP contribution in [0.5, 0.6) is 11.5 Å². The molecule has 0 aliphatic carbocycles. The van der Waals surface area contributed by atoms with E-state index in [2.05, 4.69) is 61.6 Å². The van der Waals surface area contributed by atoms with Gasteiger partial charge in [0.15, 0.2) is 11.5 Å². The summed E-state index contributed by atoms with van der Waals surface area (Å²) in [5.74, 6) is 1.30. The molecule has 1 N–H and O–H groups in total. The van der Waals surface area contributed by atoms with E-state index in [9.17, 15) is 0 Å². The molecule has 0 aromatic heterocycles. The van der Waals surface area contributed by atoms with Crippen LogP contribution >= 0.6 is 11.6 Å². The highest BCUT2D eigenvalue weighted by Gasteiger charge is 2.14. The van der Waals surface area contributed by atoms with Gasteiger partial charge in [-0.1, -0.05) is 66.2 Å². The molecule has 0 fully saturated rings. The SMILES string of the molecule is CCOc1cc(CN[C@@H](C)CCc2ccccc2)cc(Cl)c1OCc1ccccc1C. The molecule has 31 heavy (non-hydrogen) atoms. The average Bonchev–Trinajstić information content (AvgIpc) is 2.77. The third kappa shape index (κ3) is 7.02. The Morgan fingerprint density at radius 1 is 0.935 bits per heavy atom. The Bertz CT molecular complexity index is 959. The standard InChI is InChI=1S/C27H32ClNO2/c1-4-30-26-17-23(18-29-21(3)14-15-22-11-6-5-7-12-22)16-25(28)27(26)31-19-24-13-9-8-10-20(24)2/h5-13,16-17,21,29H,4,14-15,18-19H2,1-3H3/t21-/m0/s1. The van der Waals surface area contributed by atoms with Gasteiger partial charge < -0.3 is 14.8 Å². The van der Waals surface area contributed by atoms with E-state index in [4.69, 9.17) is 21.1 Å². The van der Waals surface area contributed by atoms with Gasteiger partial charge in [0.05, 0.1) is 11.6 Å². The highest BCUT2D eigenvalue weighted by Crippen LogP contribution is 2.37. The molecule has 0 saturated carbocycles. The quantitative estimate of drug-likeness (QED) is 0.360. The van der Waals surface area contributed by atoms with Gasteiger partial charge in [0.1, 0.15) is 6.61 Å². The van der Waals surface area contributed by atoms with Crippen LogP contribution in [-0.2, 0) is 19.6 Å². The van der Waals surface area contributed by atoms with Gasteiger partial charge in [0, 0.05) is 12.6 Å². The predicted molar refractivity (Wildman–Crippen MR) is 129 cm³/mol. The molecule has 0 amide bonds. The molecule has 3 rings (SSSR count). The van der Waals surface area contributed by atoms with E-state index in [1.54, 1.807) is 0 Å². The molecule has 3 aromatic carbocycles. The van der Waals surface area contributed by atoms with Crippen molar-refractivity contribution in [3.63, 3.8) is 0 Å². The summed E-state index contributed by atoms with van der Waals surface area (Å²) in [6, 6.07) is 23.2. The molecule has 0 aliphatic heterocycles. The van der Waals surface area contributed by atoms with Gasteiger partial charge in [0.25, 0.3) is 0 Å². The normalized spacial score (nSPS) is 11.9. The molecule has 3 aromatic rings. The van der Waals surface area contributed by atoms with E-state index in [0.717, 1.165) is 30.5 Å². The van der Waals surface area contributed by atoms with Crippen LogP contribution in [-0.4, -0.2) is 12.6 Å². The smallest absolute Gasteiger partial charge is 0.180 e. The summed E-state index contributed by atoms with van der Waals surface area (Å²) in [6.07, 6.45) is 2.14. The van der Waals surface area contributed by atoms with Crippen LogP contribution in [0.4, 0.5) is 0 Å². The van der Waals surface area contributed by atoms with Crippen molar-refractivity contribution in [1.29, 1.82) is 0 Å². The number of halogens is 1. The average molecular weight is 438 g/mol. The molecule has 0 unspecified atom stereocenters. The number of hydrogen-bond acceptors (Lipinski definition) is 3. The lowest BCUT2D eigenvalue weighted by atomic mass is 10.1. The third-order valence-corrected chi connectivity index (χ3v) is 5.65. The van der Waals surface area contributed by atoms with Crippen LogP contribution in [0.25, 0.3) is 0 Å². The van der Waals surface area contributed by atoms with Gasteiger partial charge in [0.2, 0.25) is 0 Å². The lowest BCUT2D eigenvalue weighted by Gasteiger charge is -2.18. The fourth-order valence-corrected chi connectivity index (χ4v) is 3.76. The molecule has 0 radical (unpaired) electrons. The van der Waals surface area contributed by atoms with E-state index in [0.29, 0.717) is 35.8 Å². The van der Waals surface area contributed by atoms with E-state index < -0.39 is 0 Å². The first-order valence-corrected chi connectivity index (χ1v) is 11.3. The van der Waals surface area contributed by atoms with Gasteiger partial charge in [-0.2, -0.15) is 0 Å². The zero-order chi connectivity index (χ0) is 22.1. The highest BCUT2D eigenvalue weighted by molar-refractivity contribution is 6.32. The Labute approximate surface area is 191 Å². The Kier molecular flexibility index (Phi) is 8.81. The largest absolute Gasteiger partial charge is 0.490 e. The van der Waals surface area contributed by atoms with Crippen molar-refractivity contribution in [3.8, 4) is 11.5 Å². The minimum absolute atomic E-state index is 0.395. The summed E-state index contributed by atoms with van der Waals surface area (Å²) in [5.41, 5.74) is 4.79. The predicted octanol–water partition coefficient (Wildman–Crippen LogP) is 6.74. The first-order valence-electron chi connectivity index (χ1n) is 11.0. The third-order valence-electron chi connectivity index (χ3n) is 5.37. The Morgan fingerprint density at radius 2 is 1.68 bits per heavy atom. The number of hydrogen-bond donors (Lipinski definition) is 1. The van der Waals surface area contributed by atoms with Crippen molar-refractivity contribution < 1.29 is 9.47 Å². The molecule has 0 saturated heterocycles. The minimum atomic E-state index is 0.395. The molecule has 0 bridgehead atoms. The Balaban J connectivity index is 1.61. The van der Waals surface area contributed by atoms with Crippen LogP contribution in [0.15, 0.2) is 66.7 Å². The second-order valence-corrected chi connectivity index (χ2v) is 8.27. The summed E-state index contributed by atoms with van der Waals surface area (Å²) in [7, 11) is 0. The summed E-state index contributed by atoms with van der Waals surface area (Å²) >= 11 is 6.60. The molecule has 0 spiro atoms. The van der Waals surface area contributed by atoms with Crippen molar-refractivity contribution in [3.05, 3.63) is 94.0 Å². The zero-order valence-electron chi connectivity index (χ0n) is 18.7. The number of ether oxygens (including phenoxy) is 2. The minimum Gasteiger partial charge on any atom is -0.490 e. The summed E-state index contributed by atoms with van der Waals surface area (Å²) in [4.78, 5) is 0. The summed E-state index contributed by atoms with van der Waals surface area (Å²) in [6.45, 7) is 8.01. The fourth-order valence-electron chi connectivity index (χ4n) is 3.47. The lowest BCUT2D eigenvalue weighted by molar-refractivity contribution is 0.268. The van der Waals surface area contributed by atoms with Gasteiger partial charge >= 0.3 is 0 Å². The second kappa shape index (κ2) is 11.8. The van der Waals surface area contributed by atoms with E-state index in [1.807, 2.05) is 31.2 Å². The maximum absolute atomic E-state index is 6.60. The van der Waals surface area contributed by atoms with Crippen molar-refractivity contribution in [2.75, 3.05) is 6.61 Å².